The van der Waals surface area contributed by atoms with Crippen LogP contribution in [0.2, 0.25) is 0 Å². The molecule has 7 nitrogen and oxygen atoms in total. The molecule has 3 aromatic heterocycles. The fourth-order valence-electron chi connectivity index (χ4n) is 5.02. The first-order valence-corrected chi connectivity index (χ1v) is 13.2. The first kappa shape index (κ1) is 24.8. The molecule has 3 heterocycles. The van der Waals surface area contributed by atoms with Gasteiger partial charge in [-0.3, -0.25) is 9.89 Å². The van der Waals surface area contributed by atoms with Gasteiger partial charge in [-0.2, -0.15) is 5.10 Å². The maximum Gasteiger partial charge on any atom is 0.224 e. The van der Waals surface area contributed by atoms with Crippen molar-refractivity contribution in [3.8, 4) is 22.5 Å². The number of fused-ring (bicyclic) bond motifs is 2. The van der Waals surface area contributed by atoms with Gasteiger partial charge in [-0.1, -0.05) is 43.7 Å². The van der Waals surface area contributed by atoms with Gasteiger partial charge in [0.2, 0.25) is 5.91 Å². The van der Waals surface area contributed by atoms with Crippen LogP contribution in [0.3, 0.4) is 0 Å². The van der Waals surface area contributed by atoms with E-state index in [1.54, 1.807) is 6.07 Å². The van der Waals surface area contributed by atoms with E-state index in [9.17, 15) is 9.18 Å². The number of carbonyl (C=O) groups excluding carboxylic acids is 1. The Labute approximate surface area is 225 Å². The number of aromatic amines is 2. The second-order valence-electron chi connectivity index (χ2n) is 9.88. The molecule has 0 saturated carbocycles. The van der Waals surface area contributed by atoms with Crippen molar-refractivity contribution in [3.63, 3.8) is 0 Å². The summed E-state index contributed by atoms with van der Waals surface area (Å²) in [5.74, 6) is -0.289. The second kappa shape index (κ2) is 10.3. The van der Waals surface area contributed by atoms with E-state index in [4.69, 9.17) is 10.7 Å². The largest absolute Gasteiger partial charge is 0.353 e. The van der Waals surface area contributed by atoms with Crippen LogP contribution in [0.25, 0.3) is 50.0 Å². The Kier molecular flexibility index (Phi) is 6.54. The fourth-order valence-corrected chi connectivity index (χ4v) is 5.02. The lowest BCUT2D eigenvalue weighted by molar-refractivity contribution is -0.120. The third kappa shape index (κ3) is 4.86. The number of amides is 1. The summed E-state index contributed by atoms with van der Waals surface area (Å²) in [6, 6.07) is 18.2. The normalized spacial score (nSPS) is 15.4. The number of rotatable bonds is 7. The van der Waals surface area contributed by atoms with Crippen LogP contribution in [-0.2, 0) is 4.79 Å². The Morgan fingerprint density at radius 2 is 2.00 bits per heavy atom. The lowest BCUT2D eigenvalue weighted by Crippen LogP contribution is -2.35. The van der Waals surface area contributed by atoms with Gasteiger partial charge >= 0.3 is 0 Å². The topological polar surface area (TPSA) is 112 Å². The minimum absolute atomic E-state index is 0.0169. The van der Waals surface area contributed by atoms with Crippen molar-refractivity contribution in [2.24, 2.45) is 5.73 Å². The van der Waals surface area contributed by atoms with Crippen LogP contribution >= 0.6 is 0 Å². The molecule has 196 valence electrons. The highest BCUT2D eigenvalue weighted by molar-refractivity contribution is 6.00. The number of aromatic nitrogens is 4. The van der Waals surface area contributed by atoms with Gasteiger partial charge in [-0.15, -0.1) is 0 Å². The van der Waals surface area contributed by atoms with Gasteiger partial charge in [0.15, 0.2) is 0 Å². The predicted octanol–water partition coefficient (Wildman–Crippen LogP) is 6.22. The fraction of sp³-hybridized carbons (Fsp3) is 0.194. The number of pyridine rings is 1. The summed E-state index contributed by atoms with van der Waals surface area (Å²) in [5, 5.41) is 11.6. The molecular weight excluding hydrogens is 491 g/mol. The summed E-state index contributed by atoms with van der Waals surface area (Å²) < 4.78 is 13.9. The Morgan fingerprint density at radius 3 is 2.85 bits per heavy atom. The first-order valence-electron chi connectivity index (χ1n) is 13.2. The lowest BCUT2D eigenvalue weighted by atomic mass is 9.97. The SMILES string of the molecule is CCCCC(=O)NC1=CC(c2ccc3[nH]nc(-c4cc5c(-c6cccc(F)c6)cccc5[nH]4)c3n2)=CCC1N. The summed E-state index contributed by atoms with van der Waals surface area (Å²) in [7, 11) is 0. The average Bonchev–Trinajstić information content (AvgIpc) is 3.56. The number of unbranched alkanes of at least 4 members (excludes halogenated alkanes) is 1. The minimum atomic E-state index is -0.272. The van der Waals surface area contributed by atoms with Crippen molar-refractivity contribution in [1.29, 1.82) is 0 Å². The van der Waals surface area contributed by atoms with E-state index in [0.717, 1.165) is 62.9 Å². The Morgan fingerprint density at radius 1 is 1.13 bits per heavy atom. The molecule has 0 saturated heterocycles. The van der Waals surface area contributed by atoms with Crippen molar-refractivity contribution >= 4 is 33.4 Å². The Bertz CT molecular complexity index is 1760. The molecule has 8 heteroatoms. The van der Waals surface area contributed by atoms with Crippen LogP contribution < -0.4 is 11.1 Å². The summed E-state index contributed by atoms with van der Waals surface area (Å²) in [6.45, 7) is 2.06. The summed E-state index contributed by atoms with van der Waals surface area (Å²) in [5.41, 5.74) is 14.4. The molecule has 6 rings (SSSR count). The van der Waals surface area contributed by atoms with E-state index in [0.29, 0.717) is 24.2 Å². The maximum absolute atomic E-state index is 13.9. The zero-order valence-electron chi connectivity index (χ0n) is 21.6. The first-order chi connectivity index (χ1) is 19.0. The second-order valence-corrected chi connectivity index (χ2v) is 9.88. The van der Waals surface area contributed by atoms with Crippen molar-refractivity contribution in [2.75, 3.05) is 0 Å². The van der Waals surface area contributed by atoms with E-state index >= 15 is 0 Å². The number of carbonyl (C=O) groups is 1. The lowest BCUT2D eigenvalue weighted by Gasteiger charge is -2.21. The van der Waals surface area contributed by atoms with Crippen LogP contribution in [0.1, 0.15) is 38.3 Å². The number of nitrogens with one attached hydrogen (secondary N) is 3. The molecule has 1 aliphatic carbocycles. The number of nitrogens with zero attached hydrogens (tertiary/aromatic N) is 2. The quantitative estimate of drug-likeness (QED) is 0.204. The van der Waals surface area contributed by atoms with Crippen LogP contribution in [0, 0.1) is 5.82 Å². The smallest absolute Gasteiger partial charge is 0.224 e. The van der Waals surface area contributed by atoms with Gasteiger partial charge in [-0.05, 0) is 72.0 Å². The molecule has 1 unspecified atom stereocenters. The molecule has 5 N–H and O–H groups in total. The van der Waals surface area contributed by atoms with E-state index in [2.05, 4.69) is 33.5 Å². The Hall–Kier alpha value is -4.56. The molecular formula is C31H29FN6O. The van der Waals surface area contributed by atoms with Crippen molar-refractivity contribution in [2.45, 2.75) is 38.6 Å². The molecule has 0 fully saturated rings. The number of hydrogen-bond acceptors (Lipinski definition) is 4. The van der Waals surface area contributed by atoms with E-state index in [1.807, 2.05) is 48.5 Å². The van der Waals surface area contributed by atoms with Crippen molar-refractivity contribution < 1.29 is 9.18 Å². The van der Waals surface area contributed by atoms with Crippen LogP contribution in [0.15, 0.2) is 78.5 Å². The highest BCUT2D eigenvalue weighted by atomic mass is 19.1. The molecule has 0 aliphatic heterocycles. The van der Waals surface area contributed by atoms with Gasteiger partial charge in [0.05, 0.1) is 16.9 Å². The monoisotopic (exact) mass is 520 g/mol. The van der Waals surface area contributed by atoms with Crippen molar-refractivity contribution in [3.05, 3.63) is 90.0 Å². The number of H-pyrrole nitrogens is 2. The minimum Gasteiger partial charge on any atom is -0.353 e. The molecule has 39 heavy (non-hydrogen) atoms. The third-order valence-electron chi connectivity index (χ3n) is 7.10. The van der Waals surface area contributed by atoms with Gasteiger partial charge in [0, 0.05) is 29.1 Å². The molecule has 1 atom stereocenters. The molecule has 2 aromatic carbocycles. The van der Waals surface area contributed by atoms with Gasteiger partial charge < -0.3 is 16.0 Å². The molecule has 0 bridgehead atoms. The van der Waals surface area contributed by atoms with E-state index in [1.165, 1.54) is 12.1 Å². The standard InChI is InChI=1S/C31H29FN6O/c1-2-3-10-29(39)35-27-16-19(11-12-23(27)33)24-13-14-26-30(36-24)31(38-37-26)28-17-22-21(8-5-9-25(22)34-28)18-6-4-7-20(32)15-18/h4-9,11,13-17,23,34H,2-3,10,12,33H2,1H3,(H,35,39)(H,37,38). The van der Waals surface area contributed by atoms with Gasteiger partial charge in [0.25, 0.3) is 0 Å². The van der Waals surface area contributed by atoms with Gasteiger partial charge in [-0.25, -0.2) is 9.37 Å². The van der Waals surface area contributed by atoms with Crippen molar-refractivity contribution in [1.82, 2.24) is 25.5 Å². The average molecular weight is 521 g/mol. The zero-order valence-corrected chi connectivity index (χ0v) is 21.6. The molecule has 0 radical (unpaired) electrons. The highest BCUT2D eigenvalue weighted by Gasteiger charge is 2.20. The number of benzene rings is 2. The molecule has 1 amide bonds. The van der Waals surface area contributed by atoms with E-state index < -0.39 is 0 Å². The molecule has 1 aliphatic rings. The number of hydrogen-bond donors (Lipinski definition) is 4. The number of halogens is 1. The predicted molar refractivity (Wildman–Crippen MR) is 153 cm³/mol. The summed E-state index contributed by atoms with van der Waals surface area (Å²) >= 11 is 0. The molecule has 5 aromatic rings. The van der Waals surface area contributed by atoms with Gasteiger partial charge in [0.1, 0.15) is 17.0 Å². The number of allylic oxidation sites excluding steroid dienone is 2. The summed E-state index contributed by atoms with van der Waals surface area (Å²) in [6.07, 6.45) is 6.86. The van der Waals surface area contributed by atoms with Crippen LogP contribution in [0.4, 0.5) is 4.39 Å². The molecule has 0 spiro atoms. The Balaban J connectivity index is 1.36. The van der Waals surface area contributed by atoms with E-state index in [-0.39, 0.29) is 17.8 Å². The number of nitrogens with two attached hydrogens (primary N) is 1. The maximum atomic E-state index is 13.9. The summed E-state index contributed by atoms with van der Waals surface area (Å²) in [4.78, 5) is 20.7. The van der Waals surface area contributed by atoms with Crippen LogP contribution in [-0.4, -0.2) is 32.1 Å². The zero-order chi connectivity index (χ0) is 26.9. The van der Waals surface area contributed by atoms with Crippen LogP contribution in [0.5, 0.6) is 0 Å². The highest BCUT2D eigenvalue weighted by Crippen LogP contribution is 2.34. The third-order valence-corrected chi connectivity index (χ3v) is 7.10.